The highest BCUT2D eigenvalue weighted by Gasteiger charge is 2.22. The number of methoxy groups -OCH3 is 1. The van der Waals surface area contributed by atoms with E-state index in [1.807, 2.05) is 30.3 Å². The summed E-state index contributed by atoms with van der Waals surface area (Å²) in [6.07, 6.45) is 0.0296. The van der Waals surface area contributed by atoms with Crippen LogP contribution in [-0.2, 0) is 19.7 Å². The molecule has 0 bridgehead atoms. The third-order valence-corrected chi connectivity index (χ3v) is 3.58. The lowest BCUT2D eigenvalue weighted by Crippen LogP contribution is -2.38. The van der Waals surface area contributed by atoms with Crippen molar-refractivity contribution in [1.29, 1.82) is 0 Å². The van der Waals surface area contributed by atoms with E-state index in [1.54, 1.807) is 0 Å². The summed E-state index contributed by atoms with van der Waals surface area (Å²) in [6, 6.07) is 10.0. The molecule has 0 saturated heterocycles. The zero-order chi connectivity index (χ0) is 15.9. The number of hydrogen-bond acceptors (Lipinski definition) is 3. The second kappa shape index (κ2) is 7.78. The molecular weight excluding hydrogens is 270 g/mol. The molecule has 0 aliphatic rings. The molecule has 1 unspecified atom stereocenters. The topological polar surface area (TPSA) is 75.6 Å². The van der Waals surface area contributed by atoms with E-state index in [4.69, 9.17) is 9.84 Å². The molecular formula is C16H23NO4. The van der Waals surface area contributed by atoms with Gasteiger partial charge in [-0.3, -0.25) is 4.79 Å². The molecule has 1 rings (SSSR count). The first-order valence-electron chi connectivity index (χ1n) is 6.94. The number of aliphatic carboxylic acids is 1. The van der Waals surface area contributed by atoms with Gasteiger partial charge in [0.1, 0.15) is 0 Å². The Hall–Kier alpha value is -1.88. The van der Waals surface area contributed by atoms with Gasteiger partial charge in [0, 0.05) is 13.5 Å². The number of carbonyl (C=O) groups excluding carboxylic acids is 1. The minimum absolute atomic E-state index is 0.0174. The number of ether oxygens (including phenoxy) is 1. The summed E-state index contributed by atoms with van der Waals surface area (Å²) in [7, 11) is 1.31. The van der Waals surface area contributed by atoms with Crippen LogP contribution in [0.15, 0.2) is 30.3 Å². The second-order valence-corrected chi connectivity index (χ2v) is 5.62. The van der Waals surface area contributed by atoms with Crippen LogP contribution in [0.1, 0.15) is 32.3 Å². The summed E-state index contributed by atoms with van der Waals surface area (Å²) in [5.41, 5.74) is 1.07. The Morgan fingerprint density at radius 1 is 1.29 bits per heavy atom. The monoisotopic (exact) mass is 293 g/mol. The number of amides is 1. The average molecular weight is 293 g/mol. The third-order valence-electron chi connectivity index (χ3n) is 3.58. The van der Waals surface area contributed by atoms with Crippen LogP contribution in [0.4, 0.5) is 0 Å². The smallest absolute Gasteiger partial charge is 0.334 e. The van der Waals surface area contributed by atoms with Crippen molar-refractivity contribution in [2.45, 2.75) is 38.2 Å². The maximum atomic E-state index is 11.8. The van der Waals surface area contributed by atoms with Gasteiger partial charge in [-0.25, -0.2) is 4.79 Å². The van der Waals surface area contributed by atoms with Gasteiger partial charge in [-0.15, -0.1) is 0 Å². The van der Waals surface area contributed by atoms with Crippen molar-refractivity contribution in [2.75, 3.05) is 13.7 Å². The van der Waals surface area contributed by atoms with E-state index in [9.17, 15) is 9.59 Å². The predicted molar refractivity (Wildman–Crippen MR) is 80.1 cm³/mol. The first-order valence-corrected chi connectivity index (χ1v) is 6.94. The van der Waals surface area contributed by atoms with E-state index < -0.39 is 12.1 Å². The highest BCUT2D eigenvalue weighted by Crippen LogP contribution is 2.27. The number of carboxylic acids is 1. The number of benzene rings is 1. The Bertz CT molecular complexity index is 470. The fourth-order valence-electron chi connectivity index (χ4n) is 2.03. The van der Waals surface area contributed by atoms with Crippen molar-refractivity contribution in [3.05, 3.63) is 35.9 Å². The largest absolute Gasteiger partial charge is 0.479 e. The molecule has 21 heavy (non-hydrogen) atoms. The van der Waals surface area contributed by atoms with Crippen LogP contribution in [0, 0.1) is 0 Å². The van der Waals surface area contributed by atoms with Crippen LogP contribution in [0.3, 0.4) is 0 Å². The molecule has 0 fully saturated rings. The zero-order valence-corrected chi connectivity index (χ0v) is 12.8. The Morgan fingerprint density at radius 2 is 1.90 bits per heavy atom. The van der Waals surface area contributed by atoms with Crippen LogP contribution in [0.2, 0.25) is 0 Å². The quantitative estimate of drug-likeness (QED) is 0.768. The van der Waals surface area contributed by atoms with Crippen LogP contribution in [0.5, 0.6) is 0 Å². The number of rotatable bonds is 8. The van der Waals surface area contributed by atoms with Gasteiger partial charge < -0.3 is 15.2 Å². The van der Waals surface area contributed by atoms with E-state index >= 15 is 0 Å². The average Bonchev–Trinajstić information content (AvgIpc) is 2.46. The fraction of sp³-hybridized carbons (Fsp3) is 0.500. The van der Waals surface area contributed by atoms with Crippen molar-refractivity contribution < 1.29 is 19.4 Å². The number of hydrogen-bond donors (Lipinski definition) is 2. The molecule has 0 aliphatic heterocycles. The van der Waals surface area contributed by atoms with E-state index in [0.717, 1.165) is 0 Å². The van der Waals surface area contributed by atoms with E-state index in [1.165, 1.54) is 12.7 Å². The Morgan fingerprint density at radius 3 is 2.43 bits per heavy atom. The maximum Gasteiger partial charge on any atom is 0.334 e. The molecule has 1 aromatic rings. The molecule has 116 valence electrons. The van der Waals surface area contributed by atoms with Crippen LogP contribution in [-0.4, -0.2) is 36.7 Å². The van der Waals surface area contributed by atoms with Gasteiger partial charge in [0.25, 0.3) is 0 Å². The Balaban J connectivity index is 2.44. The van der Waals surface area contributed by atoms with Crippen molar-refractivity contribution >= 4 is 11.9 Å². The van der Waals surface area contributed by atoms with Crippen molar-refractivity contribution in [1.82, 2.24) is 5.32 Å². The van der Waals surface area contributed by atoms with Crippen LogP contribution in [0.25, 0.3) is 0 Å². The van der Waals surface area contributed by atoms with Gasteiger partial charge in [0.15, 0.2) is 6.10 Å². The molecule has 1 amide bonds. The molecule has 5 heteroatoms. The molecule has 0 heterocycles. The molecule has 1 atom stereocenters. The normalized spacial score (nSPS) is 12.7. The summed E-state index contributed by atoms with van der Waals surface area (Å²) in [6.45, 7) is 4.16. The Kier molecular flexibility index (Phi) is 6.37. The molecule has 0 aromatic heterocycles. The minimum Gasteiger partial charge on any atom is -0.479 e. The summed E-state index contributed by atoms with van der Waals surface area (Å²) in [5.74, 6) is -1.25. The SMILES string of the molecule is COC(CNC(=O)CCC(C)(C)c1ccccc1)C(=O)O. The van der Waals surface area contributed by atoms with Crippen LogP contribution >= 0.6 is 0 Å². The first-order chi connectivity index (χ1) is 9.86. The van der Waals surface area contributed by atoms with E-state index in [0.29, 0.717) is 12.8 Å². The van der Waals surface area contributed by atoms with Crippen molar-refractivity contribution in [3.63, 3.8) is 0 Å². The number of carbonyl (C=O) groups is 2. The number of nitrogens with one attached hydrogen (secondary N) is 1. The molecule has 0 saturated carbocycles. The molecule has 0 aliphatic carbocycles. The predicted octanol–water partition coefficient (Wildman–Crippen LogP) is 1.96. The van der Waals surface area contributed by atoms with Gasteiger partial charge in [-0.05, 0) is 17.4 Å². The van der Waals surface area contributed by atoms with Crippen molar-refractivity contribution in [3.8, 4) is 0 Å². The first kappa shape index (κ1) is 17.2. The molecule has 1 aromatic carbocycles. The second-order valence-electron chi connectivity index (χ2n) is 5.62. The molecule has 0 radical (unpaired) electrons. The maximum absolute atomic E-state index is 11.8. The highest BCUT2D eigenvalue weighted by atomic mass is 16.5. The summed E-state index contributed by atoms with van der Waals surface area (Å²) < 4.78 is 4.76. The number of carboxylic acid groups (broad SMARTS) is 1. The lowest BCUT2D eigenvalue weighted by molar-refractivity contribution is -0.148. The van der Waals surface area contributed by atoms with Gasteiger partial charge in [0.2, 0.25) is 5.91 Å². The molecule has 2 N–H and O–H groups in total. The van der Waals surface area contributed by atoms with Crippen molar-refractivity contribution in [2.24, 2.45) is 0 Å². The van der Waals surface area contributed by atoms with Gasteiger partial charge in [-0.2, -0.15) is 0 Å². The lowest BCUT2D eigenvalue weighted by Gasteiger charge is -2.25. The zero-order valence-electron chi connectivity index (χ0n) is 12.8. The van der Waals surface area contributed by atoms with Gasteiger partial charge >= 0.3 is 5.97 Å². The fourth-order valence-corrected chi connectivity index (χ4v) is 2.03. The standard InChI is InChI=1S/C16H23NO4/c1-16(2,12-7-5-4-6-8-12)10-9-14(18)17-11-13(21-3)15(19)20/h4-8,13H,9-11H2,1-3H3,(H,17,18)(H,19,20). The molecule has 0 spiro atoms. The van der Waals surface area contributed by atoms with Crippen LogP contribution < -0.4 is 5.32 Å². The van der Waals surface area contributed by atoms with Gasteiger partial charge in [0.05, 0.1) is 6.54 Å². The van der Waals surface area contributed by atoms with Gasteiger partial charge in [-0.1, -0.05) is 44.2 Å². The summed E-state index contributed by atoms with van der Waals surface area (Å²) >= 11 is 0. The summed E-state index contributed by atoms with van der Waals surface area (Å²) in [5, 5.41) is 11.4. The third kappa shape index (κ3) is 5.55. The Labute approximate surface area is 125 Å². The highest BCUT2D eigenvalue weighted by molar-refractivity contribution is 5.78. The summed E-state index contributed by atoms with van der Waals surface area (Å²) in [4.78, 5) is 22.6. The van der Waals surface area contributed by atoms with E-state index in [-0.39, 0.29) is 17.9 Å². The lowest BCUT2D eigenvalue weighted by atomic mass is 9.80. The molecule has 5 nitrogen and oxygen atoms in total. The van der Waals surface area contributed by atoms with E-state index in [2.05, 4.69) is 19.2 Å². The minimum atomic E-state index is -1.08.